The average molecular weight is 296 g/mol. The Morgan fingerprint density at radius 1 is 1.29 bits per heavy atom. The third-order valence-corrected chi connectivity index (χ3v) is 5.26. The number of morpholine rings is 1. The highest BCUT2D eigenvalue weighted by Crippen LogP contribution is 2.37. The van der Waals surface area contributed by atoms with E-state index in [1.807, 2.05) is 6.92 Å². The lowest BCUT2D eigenvalue weighted by atomic mass is 9.97. The predicted molar refractivity (Wildman–Crippen MR) is 80.1 cm³/mol. The van der Waals surface area contributed by atoms with E-state index in [-0.39, 0.29) is 5.97 Å². The summed E-state index contributed by atoms with van der Waals surface area (Å²) in [6, 6.07) is 0.487. The molecule has 5 nitrogen and oxygen atoms in total. The number of rotatable bonds is 5. The summed E-state index contributed by atoms with van der Waals surface area (Å²) in [5.41, 5.74) is -0.465. The fourth-order valence-electron chi connectivity index (χ4n) is 4.30. The van der Waals surface area contributed by atoms with E-state index in [9.17, 15) is 4.79 Å². The molecule has 0 spiro atoms. The molecule has 3 fully saturated rings. The van der Waals surface area contributed by atoms with Gasteiger partial charge >= 0.3 is 5.97 Å². The van der Waals surface area contributed by atoms with Crippen molar-refractivity contribution in [2.24, 2.45) is 0 Å². The second-order valence-corrected chi connectivity index (χ2v) is 6.64. The number of nitrogens with one attached hydrogen (secondary N) is 1. The van der Waals surface area contributed by atoms with Gasteiger partial charge in [-0.05, 0) is 45.6 Å². The highest BCUT2D eigenvalue weighted by Gasteiger charge is 2.49. The molecule has 0 amide bonds. The lowest BCUT2D eigenvalue weighted by molar-refractivity contribution is -0.151. The molecule has 2 aliphatic heterocycles. The fourth-order valence-corrected chi connectivity index (χ4v) is 4.30. The van der Waals surface area contributed by atoms with Crippen molar-refractivity contribution >= 4 is 5.97 Å². The Morgan fingerprint density at radius 2 is 2.00 bits per heavy atom. The van der Waals surface area contributed by atoms with Crippen molar-refractivity contribution in [2.45, 2.75) is 69.7 Å². The summed E-state index contributed by atoms with van der Waals surface area (Å²) in [6.07, 6.45) is 6.07. The Balaban J connectivity index is 1.66. The minimum Gasteiger partial charge on any atom is -0.465 e. The van der Waals surface area contributed by atoms with Gasteiger partial charge in [0, 0.05) is 19.1 Å². The lowest BCUT2D eigenvalue weighted by Crippen LogP contribution is -2.53. The number of likely N-dealkylation sites (tertiary alicyclic amines) is 1. The minimum absolute atomic E-state index is 0.0643. The van der Waals surface area contributed by atoms with Gasteiger partial charge in [0.05, 0.1) is 18.8 Å². The second-order valence-electron chi connectivity index (χ2n) is 6.64. The third-order valence-electron chi connectivity index (χ3n) is 5.26. The van der Waals surface area contributed by atoms with Crippen LogP contribution in [0.25, 0.3) is 0 Å². The highest BCUT2D eigenvalue weighted by atomic mass is 16.5. The highest BCUT2D eigenvalue weighted by molar-refractivity contribution is 5.81. The Morgan fingerprint density at radius 3 is 2.62 bits per heavy atom. The van der Waals surface area contributed by atoms with E-state index < -0.39 is 5.54 Å². The number of hydrogen-bond acceptors (Lipinski definition) is 5. The summed E-state index contributed by atoms with van der Waals surface area (Å²) in [4.78, 5) is 15.0. The van der Waals surface area contributed by atoms with Crippen molar-refractivity contribution in [3.8, 4) is 0 Å². The average Bonchev–Trinajstić information content (AvgIpc) is 3.04. The summed E-state index contributed by atoms with van der Waals surface area (Å²) < 4.78 is 11.3. The van der Waals surface area contributed by atoms with Gasteiger partial charge in [-0.25, -0.2) is 0 Å². The topological polar surface area (TPSA) is 50.8 Å². The summed E-state index contributed by atoms with van der Waals surface area (Å²) in [5, 5.41) is 3.42. The molecule has 2 bridgehead atoms. The Labute approximate surface area is 127 Å². The largest absolute Gasteiger partial charge is 0.465 e. The van der Waals surface area contributed by atoms with Crippen LogP contribution >= 0.6 is 0 Å². The number of carbonyl (C=O) groups excluding carboxylic acids is 1. The Bertz CT molecular complexity index is 378. The van der Waals surface area contributed by atoms with Crippen LogP contribution in [0.3, 0.4) is 0 Å². The molecular formula is C16H28N2O3. The van der Waals surface area contributed by atoms with E-state index in [0.29, 0.717) is 24.9 Å². The number of fused-ring (bicyclic) bond motifs is 2. The van der Waals surface area contributed by atoms with Crippen LogP contribution in [-0.4, -0.2) is 60.9 Å². The molecule has 4 unspecified atom stereocenters. The first-order valence-electron chi connectivity index (χ1n) is 8.48. The van der Waals surface area contributed by atoms with Crippen LogP contribution in [0.15, 0.2) is 0 Å². The zero-order valence-corrected chi connectivity index (χ0v) is 13.3. The number of hydrogen-bond donors (Lipinski definition) is 1. The molecule has 3 rings (SSSR count). The fraction of sp³-hybridized carbons (Fsp3) is 0.938. The Kier molecular flexibility index (Phi) is 4.52. The van der Waals surface area contributed by atoms with Crippen molar-refractivity contribution in [3.63, 3.8) is 0 Å². The van der Waals surface area contributed by atoms with Crippen LogP contribution in [0.2, 0.25) is 0 Å². The monoisotopic (exact) mass is 296 g/mol. The number of esters is 1. The smallest absolute Gasteiger partial charge is 0.326 e. The maximum atomic E-state index is 12.4. The van der Waals surface area contributed by atoms with Gasteiger partial charge in [-0.1, -0.05) is 6.92 Å². The van der Waals surface area contributed by atoms with Crippen LogP contribution in [-0.2, 0) is 14.3 Å². The molecule has 5 heteroatoms. The van der Waals surface area contributed by atoms with Crippen molar-refractivity contribution < 1.29 is 14.3 Å². The third kappa shape index (κ3) is 2.96. The van der Waals surface area contributed by atoms with Crippen LogP contribution in [0.4, 0.5) is 0 Å². The molecule has 4 atom stereocenters. The first-order valence-corrected chi connectivity index (χ1v) is 8.48. The second kappa shape index (κ2) is 6.23. The molecule has 1 N–H and O–H groups in total. The quantitative estimate of drug-likeness (QED) is 0.775. The van der Waals surface area contributed by atoms with E-state index in [1.165, 1.54) is 12.8 Å². The Hall–Kier alpha value is -0.650. The molecular weight excluding hydrogens is 268 g/mol. The van der Waals surface area contributed by atoms with Crippen molar-refractivity contribution in [1.29, 1.82) is 0 Å². The molecule has 3 aliphatic rings. The van der Waals surface area contributed by atoms with Crippen LogP contribution < -0.4 is 5.32 Å². The standard InChI is InChI=1S/C16H28N2O3/c1-3-17-16(15(19)20-4-2)8-7-12(9-16)18-10-13-5-6-14(11-18)21-13/h12-14,17H,3-11H2,1-2H3. The van der Waals surface area contributed by atoms with E-state index in [0.717, 1.165) is 38.9 Å². The lowest BCUT2D eigenvalue weighted by Gasteiger charge is -2.37. The molecule has 0 radical (unpaired) electrons. The number of likely N-dealkylation sites (N-methyl/N-ethyl adjacent to an activating group) is 1. The SMILES string of the molecule is CCNC1(C(=O)OCC)CCC(N2CC3CCC(C2)O3)C1. The molecule has 0 aromatic heterocycles. The first kappa shape index (κ1) is 15.3. The molecule has 0 aromatic carbocycles. The van der Waals surface area contributed by atoms with Gasteiger partial charge in [0.25, 0.3) is 0 Å². The number of ether oxygens (including phenoxy) is 2. The molecule has 21 heavy (non-hydrogen) atoms. The van der Waals surface area contributed by atoms with Gasteiger partial charge in [0.1, 0.15) is 5.54 Å². The molecule has 1 saturated carbocycles. The van der Waals surface area contributed by atoms with Crippen LogP contribution in [0.5, 0.6) is 0 Å². The van der Waals surface area contributed by atoms with Crippen LogP contribution in [0, 0.1) is 0 Å². The van der Waals surface area contributed by atoms with Crippen molar-refractivity contribution in [1.82, 2.24) is 10.2 Å². The van der Waals surface area contributed by atoms with E-state index in [4.69, 9.17) is 9.47 Å². The molecule has 2 saturated heterocycles. The normalized spacial score (nSPS) is 39.6. The van der Waals surface area contributed by atoms with E-state index in [2.05, 4.69) is 17.1 Å². The van der Waals surface area contributed by atoms with Gasteiger partial charge in [0.15, 0.2) is 0 Å². The predicted octanol–water partition coefficient (Wildman–Crippen LogP) is 1.31. The van der Waals surface area contributed by atoms with Gasteiger partial charge in [-0.3, -0.25) is 9.69 Å². The molecule has 0 aromatic rings. The van der Waals surface area contributed by atoms with Crippen LogP contribution in [0.1, 0.15) is 46.0 Å². The van der Waals surface area contributed by atoms with Gasteiger partial charge in [-0.2, -0.15) is 0 Å². The first-order chi connectivity index (χ1) is 10.2. The minimum atomic E-state index is -0.465. The summed E-state index contributed by atoms with van der Waals surface area (Å²) >= 11 is 0. The zero-order chi connectivity index (χ0) is 14.9. The maximum Gasteiger partial charge on any atom is 0.326 e. The van der Waals surface area contributed by atoms with E-state index >= 15 is 0 Å². The molecule has 2 heterocycles. The summed E-state index contributed by atoms with van der Waals surface area (Å²) in [6.45, 7) is 7.27. The number of nitrogens with zero attached hydrogens (tertiary/aromatic N) is 1. The summed E-state index contributed by atoms with van der Waals surface area (Å²) in [7, 11) is 0. The van der Waals surface area contributed by atoms with Gasteiger partial charge < -0.3 is 14.8 Å². The molecule has 1 aliphatic carbocycles. The molecule has 120 valence electrons. The summed E-state index contributed by atoms with van der Waals surface area (Å²) in [5.74, 6) is -0.0643. The van der Waals surface area contributed by atoms with Gasteiger partial charge in [-0.15, -0.1) is 0 Å². The van der Waals surface area contributed by atoms with Crippen molar-refractivity contribution in [2.75, 3.05) is 26.2 Å². The van der Waals surface area contributed by atoms with Gasteiger partial charge in [0.2, 0.25) is 0 Å². The maximum absolute atomic E-state index is 12.4. The van der Waals surface area contributed by atoms with Crippen molar-refractivity contribution in [3.05, 3.63) is 0 Å². The van der Waals surface area contributed by atoms with E-state index in [1.54, 1.807) is 0 Å². The zero-order valence-electron chi connectivity index (χ0n) is 13.3. The number of carbonyl (C=O) groups is 1.